The van der Waals surface area contributed by atoms with Gasteiger partial charge < -0.3 is 5.32 Å². The molecule has 2 rings (SSSR count). The minimum absolute atomic E-state index is 0.525. The summed E-state index contributed by atoms with van der Waals surface area (Å²) >= 11 is 6.07. The summed E-state index contributed by atoms with van der Waals surface area (Å²) < 4.78 is 0. The first-order valence-corrected chi connectivity index (χ1v) is 8.17. The van der Waals surface area contributed by atoms with E-state index in [1.807, 2.05) is 12.1 Å². The van der Waals surface area contributed by atoms with Crippen LogP contribution in [0.1, 0.15) is 30.9 Å². The number of benzene rings is 2. The Hall–Kier alpha value is -1.31. The molecule has 0 saturated heterocycles. The number of rotatable bonds is 8. The van der Waals surface area contributed by atoms with Gasteiger partial charge >= 0.3 is 0 Å². The van der Waals surface area contributed by atoms with E-state index >= 15 is 0 Å². The number of hydrogen-bond donors (Lipinski definition) is 1. The minimum Gasteiger partial charge on any atom is -0.314 e. The maximum atomic E-state index is 6.07. The van der Waals surface area contributed by atoms with Crippen molar-refractivity contribution in [1.29, 1.82) is 0 Å². The Morgan fingerprint density at radius 3 is 2.48 bits per heavy atom. The predicted octanol–water partition coefficient (Wildman–Crippen LogP) is 4.88. The summed E-state index contributed by atoms with van der Waals surface area (Å²) in [4.78, 5) is 0. The van der Waals surface area contributed by atoms with Crippen molar-refractivity contribution >= 4 is 11.6 Å². The van der Waals surface area contributed by atoms with Crippen molar-refractivity contribution in [2.24, 2.45) is 0 Å². The summed E-state index contributed by atoms with van der Waals surface area (Å²) in [7, 11) is 0. The number of halogens is 1. The fourth-order valence-corrected chi connectivity index (χ4v) is 2.92. The van der Waals surface area contributed by atoms with E-state index in [1.165, 1.54) is 24.0 Å². The first kappa shape index (κ1) is 16.1. The zero-order valence-corrected chi connectivity index (χ0v) is 13.4. The fraction of sp³-hybridized carbons (Fsp3) is 0.368. The third kappa shape index (κ3) is 5.91. The van der Waals surface area contributed by atoms with Crippen LogP contribution < -0.4 is 5.32 Å². The molecule has 2 aromatic rings. The average molecular weight is 302 g/mol. The standard InChI is InChI=1S/C19H24ClN/c1-2-21-19(15-17-11-6-12-18(20)14-17)13-7-10-16-8-4-3-5-9-16/h3-6,8-9,11-12,14,19,21H,2,7,10,13,15H2,1H3. The van der Waals surface area contributed by atoms with Crippen molar-refractivity contribution in [3.05, 3.63) is 70.7 Å². The normalized spacial score (nSPS) is 12.3. The lowest BCUT2D eigenvalue weighted by Crippen LogP contribution is -2.31. The summed E-state index contributed by atoms with van der Waals surface area (Å²) in [5, 5.41) is 4.42. The first-order chi connectivity index (χ1) is 10.3. The molecule has 0 heterocycles. The second-order valence-corrected chi connectivity index (χ2v) is 5.90. The molecule has 1 unspecified atom stereocenters. The number of nitrogens with one attached hydrogen (secondary N) is 1. The van der Waals surface area contributed by atoms with E-state index in [2.05, 4.69) is 54.7 Å². The van der Waals surface area contributed by atoms with Crippen LogP contribution in [0.3, 0.4) is 0 Å². The summed E-state index contributed by atoms with van der Waals surface area (Å²) in [5.74, 6) is 0. The van der Waals surface area contributed by atoms with Crippen LogP contribution >= 0.6 is 11.6 Å². The molecule has 112 valence electrons. The lowest BCUT2D eigenvalue weighted by molar-refractivity contribution is 0.476. The Morgan fingerprint density at radius 1 is 1.00 bits per heavy atom. The monoisotopic (exact) mass is 301 g/mol. The van der Waals surface area contributed by atoms with E-state index in [0.29, 0.717) is 6.04 Å². The molecule has 2 heteroatoms. The zero-order chi connectivity index (χ0) is 14.9. The Morgan fingerprint density at radius 2 is 1.76 bits per heavy atom. The van der Waals surface area contributed by atoms with Crippen LogP contribution in [0.15, 0.2) is 54.6 Å². The quantitative estimate of drug-likeness (QED) is 0.732. The average Bonchev–Trinajstić information content (AvgIpc) is 2.48. The summed E-state index contributed by atoms with van der Waals surface area (Å²) in [6.07, 6.45) is 4.60. The second-order valence-electron chi connectivity index (χ2n) is 5.47. The number of likely N-dealkylation sites (N-methyl/N-ethyl adjacent to an activating group) is 1. The molecule has 0 amide bonds. The molecule has 0 spiro atoms. The van der Waals surface area contributed by atoms with Gasteiger partial charge in [-0.2, -0.15) is 0 Å². The van der Waals surface area contributed by atoms with E-state index < -0.39 is 0 Å². The SMILES string of the molecule is CCNC(CCCc1ccccc1)Cc1cccc(Cl)c1. The Bertz CT molecular complexity index is 524. The maximum Gasteiger partial charge on any atom is 0.0408 e. The van der Waals surface area contributed by atoms with E-state index in [4.69, 9.17) is 11.6 Å². The van der Waals surface area contributed by atoms with Gasteiger partial charge in [0.25, 0.3) is 0 Å². The van der Waals surface area contributed by atoms with Crippen molar-refractivity contribution in [3.63, 3.8) is 0 Å². The smallest absolute Gasteiger partial charge is 0.0408 e. The molecule has 1 atom stereocenters. The van der Waals surface area contributed by atoms with Crippen molar-refractivity contribution in [2.45, 2.75) is 38.6 Å². The molecular formula is C19H24ClN. The molecule has 2 aromatic carbocycles. The minimum atomic E-state index is 0.525. The largest absolute Gasteiger partial charge is 0.314 e. The first-order valence-electron chi connectivity index (χ1n) is 7.79. The summed E-state index contributed by atoms with van der Waals surface area (Å²) in [5.41, 5.74) is 2.74. The third-order valence-corrected chi connectivity index (χ3v) is 3.96. The highest BCUT2D eigenvalue weighted by Crippen LogP contribution is 2.15. The van der Waals surface area contributed by atoms with Crippen LogP contribution in [0.2, 0.25) is 5.02 Å². The molecule has 0 saturated carbocycles. The van der Waals surface area contributed by atoms with Crippen molar-refractivity contribution < 1.29 is 0 Å². The van der Waals surface area contributed by atoms with Crippen molar-refractivity contribution in [2.75, 3.05) is 6.54 Å². The van der Waals surface area contributed by atoms with Gasteiger partial charge in [-0.3, -0.25) is 0 Å². The molecule has 1 N–H and O–H groups in total. The number of aryl methyl sites for hydroxylation is 1. The third-order valence-electron chi connectivity index (χ3n) is 3.72. The Balaban J connectivity index is 1.84. The molecular weight excluding hydrogens is 278 g/mol. The van der Waals surface area contributed by atoms with Gasteiger partial charge in [-0.1, -0.05) is 61.0 Å². The molecule has 0 radical (unpaired) electrons. The van der Waals surface area contributed by atoms with Gasteiger partial charge in [0, 0.05) is 11.1 Å². The summed E-state index contributed by atoms with van der Waals surface area (Å²) in [6.45, 7) is 3.18. The van der Waals surface area contributed by atoms with Crippen molar-refractivity contribution in [3.8, 4) is 0 Å². The molecule has 0 aliphatic heterocycles. The molecule has 0 aliphatic rings. The van der Waals surface area contributed by atoms with E-state index in [9.17, 15) is 0 Å². The fourth-order valence-electron chi connectivity index (χ4n) is 2.71. The lowest BCUT2D eigenvalue weighted by atomic mass is 9.99. The van der Waals surface area contributed by atoms with Crippen LogP contribution in [0.25, 0.3) is 0 Å². The zero-order valence-electron chi connectivity index (χ0n) is 12.7. The molecule has 0 aromatic heterocycles. The Labute approximate surface area is 133 Å². The van der Waals surface area contributed by atoms with Crippen molar-refractivity contribution in [1.82, 2.24) is 5.32 Å². The van der Waals surface area contributed by atoms with Crippen LogP contribution in [0.4, 0.5) is 0 Å². The number of hydrogen-bond acceptors (Lipinski definition) is 1. The van der Waals surface area contributed by atoms with Crippen LogP contribution in [0, 0.1) is 0 Å². The van der Waals surface area contributed by atoms with E-state index in [0.717, 1.165) is 24.4 Å². The molecule has 0 bridgehead atoms. The van der Waals surface area contributed by atoms with Gasteiger partial charge in [0.05, 0.1) is 0 Å². The van der Waals surface area contributed by atoms with Gasteiger partial charge in [0.15, 0.2) is 0 Å². The maximum absolute atomic E-state index is 6.07. The summed E-state index contributed by atoms with van der Waals surface area (Å²) in [6, 6.07) is 19.4. The highest BCUT2D eigenvalue weighted by atomic mass is 35.5. The molecule has 0 aliphatic carbocycles. The van der Waals surface area contributed by atoms with Gasteiger partial charge in [-0.05, 0) is 55.5 Å². The highest BCUT2D eigenvalue weighted by molar-refractivity contribution is 6.30. The highest BCUT2D eigenvalue weighted by Gasteiger charge is 2.08. The van der Waals surface area contributed by atoms with Crippen LogP contribution in [-0.4, -0.2) is 12.6 Å². The molecule has 0 fully saturated rings. The van der Waals surface area contributed by atoms with Gasteiger partial charge in [0.2, 0.25) is 0 Å². The Kier molecular flexibility index (Phi) is 6.78. The van der Waals surface area contributed by atoms with Crippen LogP contribution in [-0.2, 0) is 12.8 Å². The van der Waals surface area contributed by atoms with E-state index in [-0.39, 0.29) is 0 Å². The topological polar surface area (TPSA) is 12.0 Å². The van der Waals surface area contributed by atoms with Gasteiger partial charge in [-0.25, -0.2) is 0 Å². The second kappa shape index (κ2) is 8.86. The lowest BCUT2D eigenvalue weighted by Gasteiger charge is -2.18. The van der Waals surface area contributed by atoms with Crippen LogP contribution in [0.5, 0.6) is 0 Å². The van der Waals surface area contributed by atoms with Gasteiger partial charge in [0.1, 0.15) is 0 Å². The van der Waals surface area contributed by atoms with E-state index in [1.54, 1.807) is 0 Å². The molecule has 21 heavy (non-hydrogen) atoms. The van der Waals surface area contributed by atoms with Gasteiger partial charge in [-0.15, -0.1) is 0 Å². The molecule has 1 nitrogen and oxygen atoms in total. The predicted molar refractivity (Wildman–Crippen MR) is 92.0 cm³/mol.